The SMILES string of the molecule is OC[C@H]1[C@@H](O)[C@H](O)[C@@H](O)[C@@H]2O[C@H]12. The van der Waals surface area contributed by atoms with Gasteiger partial charge in [-0.05, 0) is 0 Å². The largest absolute Gasteiger partial charge is 0.396 e. The summed E-state index contributed by atoms with van der Waals surface area (Å²) in [6.45, 7) is -0.230. The van der Waals surface area contributed by atoms with Crippen LogP contribution in [0.2, 0.25) is 0 Å². The minimum atomic E-state index is -1.20. The van der Waals surface area contributed by atoms with Crippen molar-refractivity contribution in [2.75, 3.05) is 6.61 Å². The second-order valence-electron chi connectivity index (χ2n) is 3.38. The number of aliphatic hydroxyl groups excluding tert-OH is 4. The predicted molar refractivity (Wildman–Crippen MR) is 37.3 cm³/mol. The van der Waals surface area contributed by atoms with Gasteiger partial charge in [0.15, 0.2) is 0 Å². The van der Waals surface area contributed by atoms with E-state index in [1.54, 1.807) is 0 Å². The summed E-state index contributed by atoms with van der Waals surface area (Å²) in [4.78, 5) is 0. The number of aliphatic hydroxyl groups is 4. The molecule has 0 unspecified atom stereocenters. The molecule has 70 valence electrons. The van der Waals surface area contributed by atoms with Crippen LogP contribution in [0, 0.1) is 5.92 Å². The van der Waals surface area contributed by atoms with E-state index in [-0.39, 0.29) is 12.7 Å². The molecule has 2 rings (SSSR count). The molecule has 1 heterocycles. The zero-order chi connectivity index (χ0) is 8.88. The van der Waals surface area contributed by atoms with Crippen LogP contribution in [-0.2, 0) is 4.74 Å². The highest BCUT2D eigenvalue weighted by atomic mass is 16.6. The lowest BCUT2D eigenvalue weighted by molar-refractivity contribution is -0.105. The molecule has 1 aliphatic heterocycles. The summed E-state index contributed by atoms with van der Waals surface area (Å²) >= 11 is 0. The maximum Gasteiger partial charge on any atom is 0.113 e. The van der Waals surface area contributed by atoms with Crippen molar-refractivity contribution in [2.45, 2.75) is 30.5 Å². The first-order valence-electron chi connectivity index (χ1n) is 3.97. The van der Waals surface area contributed by atoms with Crippen molar-refractivity contribution in [1.82, 2.24) is 0 Å². The molecule has 5 heteroatoms. The Morgan fingerprint density at radius 3 is 2.17 bits per heavy atom. The molecule has 0 radical (unpaired) electrons. The van der Waals surface area contributed by atoms with Crippen LogP contribution in [0.15, 0.2) is 0 Å². The fourth-order valence-electron chi connectivity index (χ4n) is 1.81. The number of ether oxygens (including phenoxy) is 1. The third kappa shape index (κ3) is 0.982. The zero-order valence-electron chi connectivity index (χ0n) is 6.37. The monoisotopic (exact) mass is 176 g/mol. The summed E-state index contributed by atoms with van der Waals surface area (Å²) in [6.07, 6.45) is -4.00. The van der Waals surface area contributed by atoms with Gasteiger partial charge in [0, 0.05) is 5.92 Å². The maximum atomic E-state index is 9.35. The van der Waals surface area contributed by atoms with Crippen LogP contribution >= 0.6 is 0 Å². The minimum Gasteiger partial charge on any atom is -0.396 e. The van der Waals surface area contributed by atoms with Crippen LogP contribution in [0.3, 0.4) is 0 Å². The Labute approximate surface area is 69.2 Å². The van der Waals surface area contributed by atoms with Crippen molar-refractivity contribution in [1.29, 1.82) is 0 Å². The average Bonchev–Trinajstić information content (AvgIpc) is 2.81. The molecule has 0 aromatic heterocycles. The number of fused-ring (bicyclic) bond motifs is 1. The van der Waals surface area contributed by atoms with Crippen molar-refractivity contribution in [3.63, 3.8) is 0 Å². The Kier molecular flexibility index (Phi) is 1.85. The van der Waals surface area contributed by atoms with Crippen LogP contribution in [0.5, 0.6) is 0 Å². The summed E-state index contributed by atoms with van der Waals surface area (Å²) in [5.41, 5.74) is 0. The highest BCUT2D eigenvalue weighted by Crippen LogP contribution is 2.40. The molecule has 0 amide bonds. The van der Waals surface area contributed by atoms with Gasteiger partial charge in [-0.25, -0.2) is 0 Å². The summed E-state index contributed by atoms with van der Waals surface area (Å²) in [7, 11) is 0. The molecule has 1 saturated carbocycles. The molecule has 4 N–H and O–H groups in total. The normalized spacial score (nSPS) is 58.0. The molecule has 5 nitrogen and oxygen atoms in total. The second-order valence-corrected chi connectivity index (χ2v) is 3.38. The van der Waals surface area contributed by atoms with Crippen LogP contribution in [0.25, 0.3) is 0 Å². The third-order valence-electron chi connectivity index (χ3n) is 2.67. The van der Waals surface area contributed by atoms with E-state index in [2.05, 4.69) is 0 Å². The molecule has 0 aromatic rings. The van der Waals surface area contributed by atoms with Crippen LogP contribution < -0.4 is 0 Å². The van der Waals surface area contributed by atoms with Gasteiger partial charge in [0.1, 0.15) is 18.3 Å². The van der Waals surface area contributed by atoms with E-state index in [1.165, 1.54) is 0 Å². The minimum absolute atomic E-state index is 0.230. The van der Waals surface area contributed by atoms with Gasteiger partial charge in [0.25, 0.3) is 0 Å². The van der Waals surface area contributed by atoms with Gasteiger partial charge in [0.2, 0.25) is 0 Å². The van der Waals surface area contributed by atoms with Gasteiger partial charge in [0.05, 0.1) is 18.8 Å². The fraction of sp³-hybridized carbons (Fsp3) is 1.00. The van der Waals surface area contributed by atoms with Gasteiger partial charge in [-0.15, -0.1) is 0 Å². The lowest BCUT2D eigenvalue weighted by Gasteiger charge is -2.30. The van der Waals surface area contributed by atoms with Crippen LogP contribution in [0.1, 0.15) is 0 Å². The molecule has 2 fully saturated rings. The van der Waals surface area contributed by atoms with E-state index in [0.717, 1.165) is 0 Å². The van der Waals surface area contributed by atoms with E-state index >= 15 is 0 Å². The van der Waals surface area contributed by atoms with Crippen molar-refractivity contribution in [3.8, 4) is 0 Å². The first-order chi connectivity index (χ1) is 5.66. The van der Waals surface area contributed by atoms with Gasteiger partial charge in [-0.1, -0.05) is 0 Å². The third-order valence-corrected chi connectivity index (χ3v) is 2.67. The Morgan fingerprint density at radius 2 is 1.58 bits per heavy atom. The van der Waals surface area contributed by atoms with Gasteiger partial charge < -0.3 is 25.2 Å². The van der Waals surface area contributed by atoms with Crippen molar-refractivity contribution >= 4 is 0 Å². The fourth-order valence-corrected chi connectivity index (χ4v) is 1.81. The Morgan fingerprint density at radius 1 is 0.917 bits per heavy atom. The zero-order valence-corrected chi connectivity index (χ0v) is 6.37. The smallest absolute Gasteiger partial charge is 0.113 e. The van der Waals surface area contributed by atoms with Gasteiger partial charge >= 0.3 is 0 Å². The van der Waals surface area contributed by atoms with E-state index < -0.39 is 30.3 Å². The Bertz CT molecular complexity index is 185. The summed E-state index contributed by atoms with van der Waals surface area (Å²) in [6, 6.07) is 0. The van der Waals surface area contributed by atoms with Crippen molar-refractivity contribution in [3.05, 3.63) is 0 Å². The van der Waals surface area contributed by atoms with E-state index in [0.29, 0.717) is 0 Å². The Hall–Kier alpha value is -0.200. The molecule has 1 saturated heterocycles. The van der Waals surface area contributed by atoms with E-state index in [4.69, 9.17) is 9.84 Å². The van der Waals surface area contributed by atoms with Crippen molar-refractivity contribution < 1.29 is 25.2 Å². The van der Waals surface area contributed by atoms with Crippen LogP contribution in [0.4, 0.5) is 0 Å². The average molecular weight is 176 g/mol. The summed E-state index contributed by atoms with van der Waals surface area (Å²) in [5, 5.41) is 36.7. The number of rotatable bonds is 1. The number of epoxide rings is 1. The highest BCUT2D eigenvalue weighted by molar-refractivity contribution is 5.07. The number of hydrogen-bond donors (Lipinski definition) is 4. The molecule has 12 heavy (non-hydrogen) atoms. The topological polar surface area (TPSA) is 93.5 Å². The molecule has 6 atom stereocenters. The van der Waals surface area contributed by atoms with E-state index in [1.807, 2.05) is 0 Å². The summed E-state index contributed by atoms with van der Waals surface area (Å²) < 4.78 is 5.00. The van der Waals surface area contributed by atoms with Crippen LogP contribution in [-0.4, -0.2) is 57.6 Å². The molecular weight excluding hydrogens is 164 g/mol. The highest BCUT2D eigenvalue weighted by Gasteiger charge is 2.59. The molecule has 0 aromatic carbocycles. The van der Waals surface area contributed by atoms with E-state index in [9.17, 15) is 15.3 Å². The quantitative estimate of drug-likeness (QED) is 0.330. The Balaban J connectivity index is 2.11. The first-order valence-corrected chi connectivity index (χ1v) is 3.97. The lowest BCUT2D eigenvalue weighted by atomic mass is 9.83. The lowest BCUT2D eigenvalue weighted by Crippen LogP contribution is -2.52. The maximum absolute atomic E-state index is 9.35. The predicted octanol–water partition coefficient (Wildman–Crippen LogP) is -2.54. The van der Waals surface area contributed by atoms with Crippen molar-refractivity contribution in [2.24, 2.45) is 5.92 Å². The molecule has 0 spiro atoms. The van der Waals surface area contributed by atoms with Gasteiger partial charge in [-0.3, -0.25) is 0 Å². The summed E-state index contributed by atoms with van der Waals surface area (Å²) in [5.74, 6) is -0.464. The second kappa shape index (κ2) is 2.65. The van der Waals surface area contributed by atoms with Gasteiger partial charge in [-0.2, -0.15) is 0 Å². The molecule has 1 aliphatic carbocycles. The molecule has 0 bridgehead atoms. The number of hydrogen-bond acceptors (Lipinski definition) is 5. The first kappa shape index (κ1) is 8.40. The standard InChI is InChI=1S/C7H12O5/c8-1-2-3(9)4(10)5(11)7-6(2)12-7/h2-11H,1H2/t2-,3+,4-,5+,6+,7-/m0/s1. The molecular formula is C7H12O5. The molecule has 2 aliphatic rings.